The minimum atomic E-state index is 0.426. The van der Waals surface area contributed by atoms with E-state index in [4.69, 9.17) is 40.5 Å². The Labute approximate surface area is 115 Å². The normalized spacial score (nSPS) is 10.6. The molecule has 0 heterocycles. The van der Waals surface area contributed by atoms with Gasteiger partial charge >= 0.3 is 0 Å². The fraction of sp³-hybridized carbons (Fsp3) is 0.0769. The molecule has 4 heteroatoms. The zero-order valence-corrected chi connectivity index (χ0v) is 11.2. The van der Waals surface area contributed by atoms with E-state index in [9.17, 15) is 0 Å². The van der Waals surface area contributed by atoms with Crippen molar-refractivity contribution in [3.05, 3.63) is 57.0 Å². The Balaban J connectivity index is 2.49. The van der Waals surface area contributed by atoms with Gasteiger partial charge in [0, 0.05) is 21.6 Å². The minimum absolute atomic E-state index is 0.426. The fourth-order valence-corrected chi connectivity index (χ4v) is 2.40. The topological polar surface area (TPSA) is 26.0 Å². The monoisotopic (exact) mass is 285 g/mol. The molecular formula is C13H10Cl3N. The number of benzene rings is 2. The SMILES string of the molecule is NCc1ccc(-c2cc(Cl)cc(Cl)c2)cc1Cl. The lowest BCUT2D eigenvalue weighted by Crippen LogP contribution is -1.96. The molecule has 0 aliphatic carbocycles. The van der Waals surface area contributed by atoms with E-state index >= 15 is 0 Å². The summed E-state index contributed by atoms with van der Waals surface area (Å²) in [6.07, 6.45) is 0. The Morgan fingerprint density at radius 1 is 0.824 bits per heavy atom. The standard InChI is InChI=1S/C13H10Cl3N/c14-11-3-10(4-12(15)6-11)8-1-2-9(7-17)13(16)5-8/h1-6H,7,17H2. The van der Waals surface area contributed by atoms with E-state index in [0.717, 1.165) is 16.7 Å². The van der Waals surface area contributed by atoms with Crippen molar-refractivity contribution in [3.63, 3.8) is 0 Å². The highest BCUT2D eigenvalue weighted by Crippen LogP contribution is 2.29. The van der Waals surface area contributed by atoms with Gasteiger partial charge in [-0.1, -0.05) is 46.9 Å². The van der Waals surface area contributed by atoms with Gasteiger partial charge in [0.15, 0.2) is 0 Å². The molecular weight excluding hydrogens is 277 g/mol. The lowest BCUT2D eigenvalue weighted by molar-refractivity contribution is 1.07. The summed E-state index contributed by atoms with van der Waals surface area (Å²) in [5.74, 6) is 0. The average Bonchev–Trinajstić information content (AvgIpc) is 2.27. The Kier molecular flexibility index (Phi) is 3.95. The van der Waals surface area contributed by atoms with Crippen LogP contribution in [0.4, 0.5) is 0 Å². The van der Waals surface area contributed by atoms with E-state index in [-0.39, 0.29) is 0 Å². The second-order valence-corrected chi connectivity index (χ2v) is 4.95. The lowest BCUT2D eigenvalue weighted by Gasteiger charge is -2.07. The Hall–Kier alpha value is -0.730. The molecule has 2 N–H and O–H groups in total. The smallest absolute Gasteiger partial charge is 0.0457 e. The third-order valence-corrected chi connectivity index (χ3v) is 3.26. The third-order valence-electron chi connectivity index (χ3n) is 2.47. The molecule has 0 atom stereocenters. The van der Waals surface area contributed by atoms with E-state index in [1.54, 1.807) is 6.07 Å². The highest BCUT2D eigenvalue weighted by molar-refractivity contribution is 6.35. The molecule has 17 heavy (non-hydrogen) atoms. The summed E-state index contributed by atoms with van der Waals surface area (Å²) in [7, 11) is 0. The van der Waals surface area contributed by atoms with E-state index in [1.165, 1.54) is 0 Å². The van der Waals surface area contributed by atoms with Gasteiger partial charge in [-0.15, -0.1) is 0 Å². The third kappa shape index (κ3) is 2.93. The summed E-state index contributed by atoms with van der Waals surface area (Å²) >= 11 is 18.0. The van der Waals surface area contributed by atoms with Crippen LogP contribution in [0.1, 0.15) is 5.56 Å². The second kappa shape index (κ2) is 5.28. The van der Waals surface area contributed by atoms with Gasteiger partial charge in [0.2, 0.25) is 0 Å². The molecule has 0 saturated heterocycles. The first-order valence-corrected chi connectivity index (χ1v) is 6.18. The molecule has 0 spiro atoms. The summed E-state index contributed by atoms with van der Waals surface area (Å²) in [6, 6.07) is 11.1. The quantitative estimate of drug-likeness (QED) is 0.845. The van der Waals surface area contributed by atoms with E-state index < -0.39 is 0 Å². The number of nitrogens with two attached hydrogens (primary N) is 1. The summed E-state index contributed by atoms with van der Waals surface area (Å²) < 4.78 is 0. The molecule has 2 aromatic carbocycles. The van der Waals surface area contributed by atoms with Crippen molar-refractivity contribution >= 4 is 34.8 Å². The van der Waals surface area contributed by atoms with Gasteiger partial charge < -0.3 is 5.73 Å². The van der Waals surface area contributed by atoms with E-state index in [2.05, 4.69) is 0 Å². The van der Waals surface area contributed by atoms with Crippen molar-refractivity contribution in [2.75, 3.05) is 0 Å². The van der Waals surface area contributed by atoms with Crippen molar-refractivity contribution in [2.45, 2.75) is 6.54 Å². The van der Waals surface area contributed by atoms with Crippen molar-refractivity contribution in [2.24, 2.45) is 5.73 Å². The molecule has 0 aliphatic rings. The van der Waals surface area contributed by atoms with Gasteiger partial charge in [0.1, 0.15) is 0 Å². The fourth-order valence-electron chi connectivity index (χ4n) is 1.61. The Morgan fingerprint density at radius 2 is 1.47 bits per heavy atom. The minimum Gasteiger partial charge on any atom is -0.326 e. The Morgan fingerprint density at radius 3 is 2.00 bits per heavy atom. The number of hydrogen-bond donors (Lipinski definition) is 1. The maximum Gasteiger partial charge on any atom is 0.0457 e. The van der Waals surface area contributed by atoms with Gasteiger partial charge in [0.05, 0.1) is 0 Å². The summed E-state index contributed by atoms with van der Waals surface area (Å²) in [6.45, 7) is 0.426. The van der Waals surface area contributed by atoms with Gasteiger partial charge in [-0.3, -0.25) is 0 Å². The number of halogens is 3. The van der Waals surface area contributed by atoms with Crippen LogP contribution in [-0.2, 0) is 6.54 Å². The Bertz CT molecular complexity index is 532. The predicted molar refractivity (Wildman–Crippen MR) is 74.8 cm³/mol. The van der Waals surface area contributed by atoms with Crippen molar-refractivity contribution in [1.29, 1.82) is 0 Å². The van der Waals surface area contributed by atoms with Crippen LogP contribution in [0.25, 0.3) is 11.1 Å². The van der Waals surface area contributed by atoms with E-state index in [1.807, 2.05) is 30.3 Å². The lowest BCUT2D eigenvalue weighted by atomic mass is 10.0. The first-order valence-electron chi connectivity index (χ1n) is 5.05. The van der Waals surface area contributed by atoms with Crippen LogP contribution < -0.4 is 5.73 Å². The summed E-state index contributed by atoms with van der Waals surface area (Å²) in [4.78, 5) is 0. The van der Waals surface area contributed by atoms with Crippen molar-refractivity contribution < 1.29 is 0 Å². The molecule has 1 nitrogen and oxygen atoms in total. The largest absolute Gasteiger partial charge is 0.326 e. The van der Waals surface area contributed by atoms with Crippen LogP contribution in [0, 0.1) is 0 Å². The molecule has 88 valence electrons. The predicted octanol–water partition coefficient (Wildman–Crippen LogP) is 4.77. The van der Waals surface area contributed by atoms with Crippen LogP contribution in [0.15, 0.2) is 36.4 Å². The van der Waals surface area contributed by atoms with Crippen molar-refractivity contribution in [3.8, 4) is 11.1 Å². The molecule has 2 aromatic rings. The average molecular weight is 287 g/mol. The van der Waals surface area contributed by atoms with Gasteiger partial charge in [-0.05, 0) is 41.0 Å². The number of hydrogen-bond acceptors (Lipinski definition) is 1. The molecule has 0 radical (unpaired) electrons. The highest BCUT2D eigenvalue weighted by atomic mass is 35.5. The molecule has 0 saturated carbocycles. The van der Waals surface area contributed by atoms with Crippen LogP contribution in [0.3, 0.4) is 0 Å². The maximum atomic E-state index is 6.11. The zero-order valence-electron chi connectivity index (χ0n) is 8.88. The number of rotatable bonds is 2. The molecule has 0 fully saturated rings. The molecule has 0 aliphatic heterocycles. The van der Waals surface area contributed by atoms with Crippen LogP contribution in [0.5, 0.6) is 0 Å². The van der Waals surface area contributed by atoms with E-state index in [0.29, 0.717) is 21.6 Å². The zero-order chi connectivity index (χ0) is 12.4. The van der Waals surface area contributed by atoms with Gasteiger partial charge in [0.25, 0.3) is 0 Å². The molecule has 0 amide bonds. The summed E-state index contributed by atoms with van der Waals surface area (Å²) in [5, 5.41) is 1.86. The van der Waals surface area contributed by atoms with Crippen LogP contribution in [0.2, 0.25) is 15.1 Å². The summed E-state index contributed by atoms with van der Waals surface area (Å²) in [5.41, 5.74) is 8.39. The first-order chi connectivity index (χ1) is 8.10. The molecule has 2 rings (SSSR count). The van der Waals surface area contributed by atoms with Crippen LogP contribution in [-0.4, -0.2) is 0 Å². The first kappa shape index (κ1) is 12.7. The van der Waals surface area contributed by atoms with Crippen LogP contribution >= 0.6 is 34.8 Å². The maximum absolute atomic E-state index is 6.11. The van der Waals surface area contributed by atoms with Gasteiger partial charge in [-0.25, -0.2) is 0 Å². The van der Waals surface area contributed by atoms with Gasteiger partial charge in [-0.2, -0.15) is 0 Å². The molecule has 0 unspecified atom stereocenters. The molecule has 0 bridgehead atoms. The second-order valence-electron chi connectivity index (χ2n) is 3.67. The molecule has 0 aromatic heterocycles. The highest BCUT2D eigenvalue weighted by Gasteiger charge is 2.04. The van der Waals surface area contributed by atoms with Crippen molar-refractivity contribution in [1.82, 2.24) is 0 Å².